The minimum absolute atomic E-state index is 0.421. The van der Waals surface area contributed by atoms with Crippen LogP contribution in [0.2, 0.25) is 0 Å². The molecule has 2 rings (SSSR count). The van der Waals surface area contributed by atoms with Crippen LogP contribution >= 0.6 is 0 Å². The summed E-state index contributed by atoms with van der Waals surface area (Å²) in [6.07, 6.45) is 4.20. The van der Waals surface area contributed by atoms with E-state index in [0.29, 0.717) is 25.0 Å². The molecule has 0 radical (unpaired) electrons. The molecule has 2 aliphatic rings. The Kier molecular flexibility index (Phi) is 2.86. The molecule has 1 saturated carbocycles. The highest BCUT2D eigenvalue weighted by Gasteiger charge is 2.35. The number of nitrogens with zero attached hydrogens (tertiary/aromatic N) is 1. The largest absolute Gasteiger partial charge is 0.350 e. The molecule has 0 aromatic carbocycles. The first-order valence-corrected chi connectivity index (χ1v) is 5.24. The molecule has 2 fully saturated rings. The van der Waals surface area contributed by atoms with Crippen molar-refractivity contribution in [1.82, 2.24) is 4.90 Å². The fourth-order valence-corrected chi connectivity index (χ4v) is 2.39. The van der Waals surface area contributed by atoms with Crippen LogP contribution in [0, 0.1) is 0 Å². The molecular formula is C10H19NO2. The van der Waals surface area contributed by atoms with Crippen LogP contribution in [0.4, 0.5) is 0 Å². The Hall–Kier alpha value is -0.120. The highest BCUT2D eigenvalue weighted by atomic mass is 16.7. The van der Waals surface area contributed by atoms with E-state index >= 15 is 0 Å². The Labute approximate surface area is 80.0 Å². The maximum Gasteiger partial charge on any atom is 0.148 e. The van der Waals surface area contributed by atoms with Crippen LogP contribution in [0.3, 0.4) is 0 Å². The first-order chi connectivity index (χ1) is 6.29. The monoisotopic (exact) mass is 185 g/mol. The van der Waals surface area contributed by atoms with E-state index in [2.05, 4.69) is 18.7 Å². The standard InChI is InChI=1S/C10H19NO2/c1-8(2)11-6-12-7-13-10-5-3-4-9(10)11/h8-10H,3-7H2,1-2H3/t9-,10+/m0/s1. The number of rotatable bonds is 1. The van der Waals surface area contributed by atoms with Gasteiger partial charge in [-0.15, -0.1) is 0 Å². The molecule has 0 aromatic heterocycles. The van der Waals surface area contributed by atoms with Gasteiger partial charge >= 0.3 is 0 Å². The Balaban J connectivity index is 2.06. The van der Waals surface area contributed by atoms with E-state index in [1.54, 1.807) is 0 Å². The topological polar surface area (TPSA) is 21.7 Å². The zero-order valence-electron chi connectivity index (χ0n) is 8.53. The number of hydrogen-bond acceptors (Lipinski definition) is 3. The lowest BCUT2D eigenvalue weighted by atomic mass is 10.1. The summed E-state index contributed by atoms with van der Waals surface area (Å²) in [5.41, 5.74) is 0. The smallest absolute Gasteiger partial charge is 0.148 e. The third-order valence-corrected chi connectivity index (χ3v) is 3.11. The second-order valence-electron chi connectivity index (χ2n) is 4.26. The van der Waals surface area contributed by atoms with Crippen LogP contribution in [0.1, 0.15) is 33.1 Å². The molecule has 0 aromatic rings. The Morgan fingerprint density at radius 1 is 1.31 bits per heavy atom. The summed E-state index contributed by atoms with van der Waals surface area (Å²) in [6, 6.07) is 1.16. The van der Waals surface area contributed by atoms with Crippen LogP contribution in [0.5, 0.6) is 0 Å². The second kappa shape index (κ2) is 3.95. The SMILES string of the molecule is CC(C)N1COCO[C@@H]2CCC[C@@H]21. The maximum atomic E-state index is 5.64. The highest BCUT2D eigenvalue weighted by molar-refractivity contribution is 4.87. The quantitative estimate of drug-likeness (QED) is 0.619. The summed E-state index contributed by atoms with van der Waals surface area (Å²) >= 11 is 0. The predicted octanol–water partition coefficient (Wildman–Crippen LogP) is 1.58. The van der Waals surface area contributed by atoms with E-state index in [0.717, 1.165) is 6.73 Å². The fourth-order valence-electron chi connectivity index (χ4n) is 2.39. The summed E-state index contributed by atoms with van der Waals surface area (Å²) in [4.78, 5) is 2.42. The normalized spacial score (nSPS) is 36.2. The van der Waals surface area contributed by atoms with E-state index in [1.165, 1.54) is 19.3 Å². The minimum atomic E-state index is 0.421. The number of ether oxygens (including phenoxy) is 2. The number of fused-ring (bicyclic) bond motifs is 1. The highest BCUT2D eigenvalue weighted by Crippen LogP contribution is 2.29. The van der Waals surface area contributed by atoms with Crippen LogP contribution in [0.15, 0.2) is 0 Å². The zero-order valence-corrected chi connectivity index (χ0v) is 8.53. The molecule has 13 heavy (non-hydrogen) atoms. The van der Waals surface area contributed by atoms with Gasteiger partial charge in [-0.3, -0.25) is 4.90 Å². The van der Waals surface area contributed by atoms with Gasteiger partial charge in [0.25, 0.3) is 0 Å². The molecule has 1 aliphatic carbocycles. The van der Waals surface area contributed by atoms with Crippen molar-refractivity contribution in [3.63, 3.8) is 0 Å². The molecule has 0 spiro atoms. The van der Waals surface area contributed by atoms with Crippen LogP contribution in [0.25, 0.3) is 0 Å². The van der Waals surface area contributed by atoms with Crippen molar-refractivity contribution in [1.29, 1.82) is 0 Å². The van der Waals surface area contributed by atoms with Gasteiger partial charge in [0.1, 0.15) is 13.5 Å². The minimum Gasteiger partial charge on any atom is -0.350 e. The average molecular weight is 185 g/mol. The van der Waals surface area contributed by atoms with E-state index < -0.39 is 0 Å². The summed E-state index contributed by atoms with van der Waals surface area (Å²) in [6.45, 7) is 5.66. The summed E-state index contributed by atoms with van der Waals surface area (Å²) in [7, 11) is 0. The zero-order chi connectivity index (χ0) is 9.26. The van der Waals surface area contributed by atoms with Gasteiger partial charge in [0.2, 0.25) is 0 Å². The molecular weight excluding hydrogens is 166 g/mol. The molecule has 0 amide bonds. The Bertz CT molecular complexity index is 172. The van der Waals surface area contributed by atoms with E-state index in [1.807, 2.05) is 0 Å². The first kappa shape index (κ1) is 9.44. The second-order valence-corrected chi connectivity index (χ2v) is 4.26. The predicted molar refractivity (Wildman–Crippen MR) is 50.3 cm³/mol. The molecule has 76 valence electrons. The fraction of sp³-hybridized carbons (Fsp3) is 1.00. The molecule has 3 nitrogen and oxygen atoms in total. The summed E-state index contributed by atoms with van der Waals surface area (Å²) in [5, 5.41) is 0. The number of hydrogen-bond donors (Lipinski definition) is 0. The maximum absolute atomic E-state index is 5.64. The van der Waals surface area contributed by atoms with Crippen molar-refractivity contribution in [2.24, 2.45) is 0 Å². The van der Waals surface area contributed by atoms with Crippen molar-refractivity contribution in [2.75, 3.05) is 13.5 Å². The van der Waals surface area contributed by atoms with Gasteiger partial charge in [-0.05, 0) is 33.1 Å². The third-order valence-electron chi connectivity index (χ3n) is 3.11. The van der Waals surface area contributed by atoms with Crippen LogP contribution in [-0.2, 0) is 9.47 Å². The Morgan fingerprint density at radius 2 is 2.15 bits per heavy atom. The summed E-state index contributed by atoms with van der Waals surface area (Å²) < 4.78 is 11.1. The van der Waals surface area contributed by atoms with Gasteiger partial charge in [0.05, 0.1) is 6.10 Å². The molecule has 0 N–H and O–H groups in total. The van der Waals surface area contributed by atoms with E-state index in [-0.39, 0.29) is 0 Å². The van der Waals surface area contributed by atoms with Gasteiger partial charge < -0.3 is 9.47 Å². The van der Waals surface area contributed by atoms with Crippen molar-refractivity contribution in [3.05, 3.63) is 0 Å². The van der Waals surface area contributed by atoms with Crippen LogP contribution < -0.4 is 0 Å². The van der Waals surface area contributed by atoms with E-state index in [4.69, 9.17) is 9.47 Å². The van der Waals surface area contributed by atoms with Crippen molar-refractivity contribution in [3.8, 4) is 0 Å². The molecule has 0 unspecified atom stereocenters. The van der Waals surface area contributed by atoms with Crippen molar-refractivity contribution >= 4 is 0 Å². The lowest BCUT2D eigenvalue weighted by Gasteiger charge is -2.31. The molecule has 3 heteroatoms. The summed E-state index contributed by atoms with van der Waals surface area (Å²) in [5.74, 6) is 0. The molecule has 1 saturated heterocycles. The molecule has 1 aliphatic heterocycles. The molecule has 2 atom stereocenters. The van der Waals surface area contributed by atoms with E-state index in [9.17, 15) is 0 Å². The van der Waals surface area contributed by atoms with Gasteiger partial charge in [0, 0.05) is 12.1 Å². The lowest BCUT2D eigenvalue weighted by molar-refractivity contribution is -0.0731. The van der Waals surface area contributed by atoms with Gasteiger partial charge in [-0.25, -0.2) is 0 Å². The first-order valence-electron chi connectivity index (χ1n) is 5.24. The van der Waals surface area contributed by atoms with Gasteiger partial charge in [-0.2, -0.15) is 0 Å². The molecule has 1 heterocycles. The average Bonchev–Trinajstić information content (AvgIpc) is 2.44. The van der Waals surface area contributed by atoms with Crippen LogP contribution in [-0.4, -0.2) is 36.6 Å². The Morgan fingerprint density at radius 3 is 2.92 bits per heavy atom. The lowest BCUT2D eigenvalue weighted by Crippen LogP contribution is -2.44. The van der Waals surface area contributed by atoms with Crippen molar-refractivity contribution in [2.45, 2.75) is 51.3 Å². The van der Waals surface area contributed by atoms with Gasteiger partial charge in [-0.1, -0.05) is 0 Å². The molecule has 0 bridgehead atoms. The third kappa shape index (κ3) is 1.87. The van der Waals surface area contributed by atoms with Crippen molar-refractivity contribution < 1.29 is 9.47 Å². The van der Waals surface area contributed by atoms with Gasteiger partial charge in [0.15, 0.2) is 0 Å².